The molecule has 3 aromatic carbocycles. The lowest BCUT2D eigenvalue weighted by molar-refractivity contribution is 0.0696. The molecule has 4 rings (SSSR count). The van der Waals surface area contributed by atoms with Gasteiger partial charge in [-0.25, -0.2) is 9.59 Å². The molecule has 154 valence electrons. The van der Waals surface area contributed by atoms with Gasteiger partial charge in [0.1, 0.15) is 11.3 Å². The van der Waals surface area contributed by atoms with Gasteiger partial charge in [0.25, 0.3) is 5.91 Å². The highest BCUT2D eigenvalue weighted by Gasteiger charge is 2.14. The maximum absolute atomic E-state index is 12.7. The van der Waals surface area contributed by atoms with Crippen molar-refractivity contribution in [3.63, 3.8) is 0 Å². The zero-order valence-corrected chi connectivity index (χ0v) is 16.4. The van der Waals surface area contributed by atoms with Crippen LogP contribution in [0.1, 0.15) is 20.7 Å². The molecule has 0 fully saturated rings. The second-order valence-electron chi connectivity index (χ2n) is 6.74. The summed E-state index contributed by atoms with van der Waals surface area (Å²) in [5, 5.41) is 12.6. The maximum atomic E-state index is 12.7. The number of aromatic carboxylic acids is 1. The summed E-state index contributed by atoms with van der Waals surface area (Å²) in [6.07, 6.45) is 0. The van der Waals surface area contributed by atoms with Crippen molar-refractivity contribution in [2.45, 2.75) is 0 Å². The minimum Gasteiger partial charge on any atom is -0.495 e. The number of anilines is 1. The minimum atomic E-state index is -1.11. The van der Waals surface area contributed by atoms with Crippen LogP contribution in [-0.4, -0.2) is 24.1 Å². The topological polar surface area (TPSA) is 106 Å². The van der Waals surface area contributed by atoms with Gasteiger partial charge in [0.15, 0.2) is 0 Å². The molecule has 2 N–H and O–H groups in total. The number of methoxy groups -OCH3 is 1. The predicted molar refractivity (Wildman–Crippen MR) is 116 cm³/mol. The lowest BCUT2D eigenvalue weighted by atomic mass is 10.0. The van der Waals surface area contributed by atoms with E-state index < -0.39 is 17.5 Å². The minimum absolute atomic E-state index is 0.0227. The molecular weight excluding hydrogens is 398 g/mol. The van der Waals surface area contributed by atoms with Gasteiger partial charge in [-0.1, -0.05) is 30.3 Å². The van der Waals surface area contributed by atoms with Crippen LogP contribution in [0.5, 0.6) is 5.75 Å². The number of hydrogen-bond acceptors (Lipinski definition) is 5. The summed E-state index contributed by atoms with van der Waals surface area (Å²) in [7, 11) is 1.43. The van der Waals surface area contributed by atoms with E-state index in [1.165, 1.54) is 25.3 Å². The number of carbonyl (C=O) groups excluding carboxylic acids is 1. The molecule has 0 radical (unpaired) electrons. The normalized spacial score (nSPS) is 10.6. The number of carboxylic acid groups (broad SMARTS) is 1. The van der Waals surface area contributed by atoms with Gasteiger partial charge in [0, 0.05) is 10.9 Å². The second-order valence-corrected chi connectivity index (χ2v) is 6.74. The van der Waals surface area contributed by atoms with E-state index in [0.29, 0.717) is 28.0 Å². The SMILES string of the molecule is COc1ccc(C(=O)O)cc1NC(=O)c1ccc(-c2cc3ccccc3oc2=O)cc1. The average molecular weight is 415 g/mol. The summed E-state index contributed by atoms with van der Waals surface area (Å²) in [6.45, 7) is 0. The Labute approximate surface area is 176 Å². The number of carbonyl (C=O) groups is 2. The van der Waals surface area contributed by atoms with E-state index in [9.17, 15) is 14.4 Å². The fourth-order valence-electron chi connectivity index (χ4n) is 3.20. The Morgan fingerprint density at radius 2 is 1.65 bits per heavy atom. The third-order valence-corrected chi connectivity index (χ3v) is 4.79. The standard InChI is InChI=1S/C24H17NO6/c1-30-21-11-10-17(23(27)28)13-19(21)25-22(26)15-8-6-14(7-9-15)18-12-16-4-2-3-5-20(16)31-24(18)29/h2-13H,1H3,(H,25,26)(H,27,28). The summed E-state index contributed by atoms with van der Waals surface area (Å²) in [6, 6.07) is 19.6. The smallest absolute Gasteiger partial charge is 0.344 e. The Balaban J connectivity index is 1.61. The molecule has 1 amide bonds. The van der Waals surface area contributed by atoms with Crippen LogP contribution in [0.25, 0.3) is 22.1 Å². The highest BCUT2D eigenvalue weighted by molar-refractivity contribution is 6.06. The molecule has 0 aliphatic carbocycles. The maximum Gasteiger partial charge on any atom is 0.344 e. The summed E-state index contributed by atoms with van der Waals surface area (Å²) in [5.41, 5.74) is 1.64. The first-order valence-corrected chi connectivity index (χ1v) is 9.32. The van der Waals surface area contributed by atoms with Gasteiger partial charge in [0.2, 0.25) is 0 Å². The number of rotatable bonds is 5. The monoisotopic (exact) mass is 415 g/mol. The van der Waals surface area contributed by atoms with E-state index in [2.05, 4.69) is 5.32 Å². The zero-order chi connectivity index (χ0) is 22.0. The lowest BCUT2D eigenvalue weighted by Crippen LogP contribution is -2.13. The number of para-hydroxylation sites is 1. The Hall–Kier alpha value is -4.39. The van der Waals surface area contributed by atoms with Crippen molar-refractivity contribution in [3.05, 3.63) is 94.3 Å². The summed E-state index contributed by atoms with van der Waals surface area (Å²) >= 11 is 0. The van der Waals surface area contributed by atoms with Crippen molar-refractivity contribution in [3.8, 4) is 16.9 Å². The van der Waals surface area contributed by atoms with Gasteiger partial charge in [-0.3, -0.25) is 4.79 Å². The largest absolute Gasteiger partial charge is 0.495 e. The molecule has 0 aliphatic heterocycles. The number of amides is 1. The van der Waals surface area contributed by atoms with Gasteiger partial charge in [-0.15, -0.1) is 0 Å². The highest BCUT2D eigenvalue weighted by Crippen LogP contribution is 2.27. The van der Waals surface area contributed by atoms with Crippen molar-refractivity contribution >= 4 is 28.5 Å². The highest BCUT2D eigenvalue weighted by atomic mass is 16.5. The van der Waals surface area contributed by atoms with Gasteiger partial charge < -0.3 is 19.6 Å². The van der Waals surface area contributed by atoms with Gasteiger partial charge >= 0.3 is 11.6 Å². The molecule has 0 spiro atoms. The van der Waals surface area contributed by atoms with Crippen molar-refractivity contribution in [1.29, 1.82) is 0 Å². The van der Waals surface area contributed by atoms with E-state index in [1.807, 2.05) is 12.1 Å². The molecule has 0 bridgehead atoms. The van der Waals surface area contributed by atoms with Crippen molar-refractivity contribution in [1.82, 2.24) is 0 Å². The molecular formula is C24H17NO6. The molecule has 7 heteroatoms. The van der Waals surface area contributed by atoms with Crippen molar-refractivity contribution in [2.75, 3.05) is 12.4 Å². The molecule has 1 aromatic heterocycles. The molecule has 0 aliphatic rings. The molecule has 31 heavy (non-hydrogen) atoms. The first kappa shape index (κ1) is 19.9. The number of benzene rings is 3. The van der Waals surface area contributed by atoms with Gasteiger partial charge in [-0.05, 0) is 48.0 Å². The molecule has 0 atom stereocenters. The Kier molecular flexibility index (Phi) is 5.24. The Morgan fingerprint density at radius 1 is 0.935 bits per heavy atom. The number of nitrogens with one attached hydrogen (secondary N) is 1. The quantitative estimate of drug-likeness (QED) is 0.468. The summed E-state index contributed by atoms with van der Waals surface area (Å²) < 4.78 is 10.6. The molecule has 7 nitrogen and oxygen atoms in total. The Bertz CT molecular complexity index is 1350. The van der Waals surface area contributed by atoms with E-state index in [-0.39, 0.29) is 11.3 Å². The molecule has 4 aromatic rings. The van der Waals surface area contributed by atoms with Crippen LogP contribution in [0.3, 0.4) is 0 Å². The molecule has 0 saturated heterocycles. The first-order valence-electron chi connectivity index (χ1n) is 9.32. The van der Waals surface area contributed by atoms with Crippen LogP contribution < -0.4 is 15.7 Å². The van der Waals surface area contributed by atoms with Crippen LogP contribution in [0, 0.1) is 0 Å². The van der Waals surface area contributed by atoms with Crippen LogP contribution >= 0.6 is 0 Å². The van der Waals surface area contributed by atoms with E-state index in [0.717, 1.165) is 5.39 Å². The van der Waals surface area contributed by atoms with Crippen LogP contribution in [-0.2, 0) is 0 Å². The second kappa shape index (κ2) is 8.16. The van der Waals surface area contributed by atoms with Crippen LogP contribution in [0.2, 0.25) is 0 Å². The van der Waals surface area contributed by atoms with E-state index in [4.69, 9.17) is 14.3 Å². The van der Waals surface area contributed by atoms with Crippen molar-refractivity contribution < 1.29 is 23.8 Å². The number of ether oxygens (including phenoxy) is 1. The van der Waals surface area contributed by atoms with Crippen LogP contribution in [0.4, 0.5) is 5.69 Å². The summed E-state index contributed by atoms with van der Waals surface area (Å²) in [4.78, 5) is 36.2. The first-order chi connectivity index (χ1) is 15.0. The van der Waals surface area contributed by atoms with Gasteiger partial charge in [-0.2, -0.15) is 0 Å². The lowest BCUT2D eigenvalue weighted by Gasteiger charge is -2.11. The number of hydrogen-bond donors (Lipinski definition) is 2. The van der Waals surface area contributed by atoms with E-state index in [1.54, 1.807) is 42.5 Å². The average Bonchev–Trinajstić information content (AvgIpc) is 2.78. The van der Waals surface area contributed by atoms with E-state index >= 15 is 0 Å². The predicted octanol–water partition coefficient (Wildman–Crippen LogP) is 4.42. The molecule has 0 saturated carbocycles. The van der Waals surface area contributed by atoms with Crippen LogP contribution in [0.15, 0.2) is 82.0 Å². The number of carboxylic acids is 1. The van der Waals surface area contributed by atoms with Crippen molar-refractivity contribution in [2.24, 2.45) is 0 Å². The third kappa shape index (κ3) is 4.02. The zero-order valence-electron chi connectivity index (χ0n) is 16.4. The molecule has 1 heterocycles. The fourth-order valence-corrected chi connectivity index (χ4v) is 3.20. The molecule has 0 unspecified atom stereocenters. The Morgan fingerprint density at radius 3 is 2.35 bits per heavy atom. The number of fused-ring (bicyclic) bond motifs is 1. The fraction of sp³-hybridized carbons (Fsp3) is 0.0417. The third-order valence-electron chi connectivity index (χ3n) is 4.79. The summed E-state index contributed by atoms with van der Waals surface area (Å²) in [5.74, 6) is -1.22. The van der Waals surface area contributed by atoms with Gasteiger partial charge in [0.05, 0.1) is 23.9 Å².